The Balaban J connectivity index is 2.33. The summed E-state index contributed by atoms with van der Waals surface area (Å²) in [6, 6.07) is 0. The first-order valence-electron chi connectivity index (χ1n) is 2.60. The standard InChI is InChI=1S/C5H7NO2/c1-5-3-2-4(6-5)7-8-5/h2-4,6H,1H3. The van der Waals surface area contributed by atoms with Crippen molar-refractivity contribution in [3.63, 3.8) is 0 Å². The highest BCUT2D eigenvalue weighted by molar-refractivity contribution is 5.10. The van der Waals surface area contributed by atoms with E-state index < -0.39 is 0 Å². The quantitative estimate of drug-likeness (QED) is 0.358. The van der Waals surface area contributed by atoms with Gasteiger partial charge in [0.05, 0.1) is 0 Å². The van der Waals surface area contributed by atoms with E-state index in [0.717, 1.165) is 0 Å². The fourth-order valence-electron chi connectivity index (χ4n) is 0.909. The number of hydrogen-bond donors (Lipinski definition) is 1. The van der Waals surface area contributed by atoms with Crippen molar-refractivity contribution in [2.45, 2.75) is 18.9 Å². The molecule has 0 radical (unpaired) electrons. The minimum atomic E-state index is -0.343. The molecule has 2 unspecified atom stereocenters. The molecule has 8 heavy (non-hydrogen) atoms. The second-order valence-electron chi connectivity index (χ2n) is 2.21. The second kappa shape index (κ2) is 1.13. The Kier molecular flexibility index (Phi) is 0.633. The van der Waals surface area contributed by atoms with Gasteiger partial charge in [0.15, 0.2) is 12.0 Å². The van der Waals surface area contributed by atoms with Crippen LogP contribution in [0.4, 0.5) is 0 Å². The fourth-order valence-corrected chi connectivity index (χ4v) is 0.909. The van der Waals surface area contributed by atoms with Gasteiger partial charge in [-0.2, -0.15) is 0 Å². The highest BCUT2D eigenvalue weighted by atomic mass is 17.2. The van der Waals surface area contributed by atoms with Gasteiger partial charge < -0.3 is 0 Å². The van der Waals surface area contributed by atoms with Crippen molar-refractivity contribution < 1.29 is 9.78 Å². The fraction of sp³-hybridized carbons (Fsp3) is 0.600. The molecule has 0 aliphatic carbocycles. The lowest BCUT2D eigenvalue weighted by atomic mass is 10.3. The number of rotatable bonds is 0. The molecule has 3 nitrogen and oxygen atoms in total. The van der Waals surface area contributed by atoms with Crippen LogP contribution in [0.15, 0.2) is 12.2 Å². The molecule has 1 N–H and O–H groups in total. The van der Waals surface area contributed by atoms with Crippen LogP contribution in [-0.2, 0) is 9.78 Å². The zero-order chi connectivity index (χ0) is 5.61. The van der Waals surface area contributed by atoms with E-state index in [1.165, 1.54) is 0 Å². The van der Waals surface area contributed by atoms with Crippen LogP contribution in [0.3, 0.4) is 0 Å². The van der Waals surface area contributed by atoms with Crippen LogP contribution in [0.2, 0.25) is 0 Å². The van der Waals surface area contributed by atoms with E-state index in [9.17, 15) is 0 Å². The molecule has 44 valence electrons. The van der Waals surface area contributed by atoms with Gasteiger partial charge in [0.25, 0.3) is 0 Å². The van der Waals surface area contributed by atoms with Gasteiger partial charge in [-0.3, -0.25) is 5.32 Å². The Morgan fingerprint density at radius 2 is 2.62 bits per heavy atom. The third kappa shape index (κ3) is 0.434. The Bertz CT molecular complexity index is 145. The largest absolute Gasteiger partial charge is 0.252 e. The summed E-state index contributed by atoms with van der Waals surface area (Å²) < 4.78 is 0. The monoisotopic (exact) mass is 113 g/mol. The number of hydrogen-bond acceptors (Lipinski definition) is 3. The maximum absolute atomic E-state index is 4.84. The first kappa shape index (κ1) is 4.49. The molecule has 0 amide bonds. The van der Waals surface area contributed by atoms with Crippen molar-refractivity contribution in [1.82, 2.24) is 5.32 Å². The zero-order valence-corrected chi connectivity index (χ0v) is 4.55. The van der Waals surface area contributed by atoms with Crippen LogP contribution >= 0.6 is 0 Å². The first-order valence-corrected chi connectivity index (χ1v) is 2.60. The SMILES string of the molecule is CC12C=CC(N1)OO2. The summed E-state index contributed by atoms with van der Waals surface area (Å²) in [6.07, 6.45) is 3.87. The average molecular weight is 113 g/mol. The summed E-state index contributed by atoms with van der Waals surface area (Å²) in [4.78, 5) is 9.60. The van der Waals surface area contributed by atoms with Crippen molar-refractivity contribution in [1.29, 1.82) is 0 Å². The van der Waals surface area contributed by atoms with E-state index in [-0.39, 0.29) is 12.0 Å². The molecule has 0 spiro atoms. The van der Waals surface area contributed by atoms with Crippen LogP contribution in [0, 0.1) is 0 Å². The van der Waals surface area contributed by atoms with Gasteiger partial charge in [-0.15, -0.1) is 0 Å². The molecule has 0 aromatic carbocycles. The molecule has 3 heteroatoms. The third-order valence-electron chi connectivity index (χ3n) is 1.34. The summed E-state index contributed by atoms with van der Waals surface area (Å²) in [6.45, 7) is 1.91. The Morgan fingerprint density at radius 3 is 2.75 bits per heavy atom. The molecule has 2 aliphatic rings. The zero-order valence-electron chi connectivity index (χ0n) is 4.55. The molecular formula is C5H7NO2. The van der Waals surface area contributed by atoms with Crippen LogP contribution < -0.4 is 5.32 Å². The lowest BCUT2D eigenvalue weighted by molar-refractivity contribution is -0.311. The minimum absolute atomic E-state index is 0.0139. The summed E-state index contributed by atoms with van der Waals surface area (Å²) in [5, 5.41) is 3.05. The number of fused-ring (bicyclic) bond motifs is 2. The summed E-state index contributed by atoms with van der Waals surface area (Å²) in [5.41, 5.74) is -0.343. The smallest absolute Gasteiger partial charge is 0.172 e. The van der Waals surface area contributed by atoms with E-state index in [2.05, 4.69) is 5.32 Å². The predicted octanol–water partition coefficient (Wildman–Crippen LogP) is 0.150. The molecule has 2 rings (SSSR count). The lowest BCUT2D eigenvalue weighted by Gasteiger charge is -2.11. The van der Waals surface area contributed by atoms with Crippen LogP contribution in [-0.4, -0.2) is 12.0 Å². The Hall–Kier alpha value is -0.380. The van der Waals surface area contributed by atoms with Crippen molar-refractivity contribution >= 4 is 0 Å². The van der Waals surface area contributed by atoms with Gasteiger partial charge in [0, 0.05) is 0 Å². The maximum Gasteiger partial charge on any atom is 0.172 e. The average Bonchev–Trinajstić information content (AvgIpc) is 2.21. The van der Waals surface area contributed by atoms with Gasteiger partial charge in [-0.25, -0.2) is 9.78 Å². The molecule has 0 aromatic rings. The van der Waals surface area contributed by atoms with E-state index >= 15 is 0 Å². The van der Waals surface area contributed by atoms with E-state index in [4.69, 9.17) is 9.78 Å². The highest BCUT2D eigenvalue weighted by Gasteiger charge is 2.39. The van der Waals surface area contributed by atoms with Gasteiger partial charge >= 0.3 is 0 Å². The third-order valence-corrected chi connectivity index (χ3v) is 1.34. The van der Waals surface area contributed by atoms with Crippen LogP contribution in [0.5, 0.6) is 0 Å². The van der Waals surface area contributed by atoms with Crippen molar-refractivity contribution in [3.8, 4) is 0 Å². The van der Waals surface area contributed by atoms with Gasteiger partial charge in [0.2, 0.25) is 0 Å². The molecule has 2 bridgehead atoms. The molecule has 0 saturated carbocycles. The molecular weight excluding hydrogens is 106 g/mol. The minimum Gasteiger partial charge on any atom is -0.252 e. The summed E-state index contributed by atoms with van der Waals surface area (Å²) in [5.74, 6) is 0. The molecule has 0 aromatic heterocycles. The summed E-state index contributed by atoms with van der Waals surface area (Å²) >= 11 is 0. The Morgan fingerprint density at radius 1 is 1.75 bits per heavy atom. The van der Waals surface area contributed by atoms with E-state index in [0.29, 0.717) is 0 Å². The number of nitrogens with one attached hydrogen (secondary N) is 1. The second-order valence-corrected chi connectivity index (χ2v) is 2.21. The van der Waals surface area contributed by atoms with Gasteiger partial charge in [-0.05, 0) is 19.1 Å². The normalized spacial score (nSPS) is 50.9. The summed E-state index contributed by atoms with van der Waals surface area (Å²) in [7, 11) is 0. The van der Waals surface area contributed by atoms with Crippen molar-refractivity contribution in [3.05, 3.63) is 12.2 Å². The van der Waals surface area contributed by atoms with Crippen molar-refractivity contribution in [2.75, 3.05) is 0 Å². The molecule has 2 aliphatic heterocycles. The van der Waals surface area contributed by atoms with Gasteiger partial charge in [-0.1, -0.05) is 0 Å². The van der Waals surface area contributed by atoms with Crippen LogP contribution in [0.1, 0.15) is 6.92 Å². The van der Waals surface area contributed by atoms with Gasteiger partial charge in [0.1, 0.15) is 0 Å². The van der Waals surface area contributed by atoms with Crippen LogP contribution in [0.25, 0.3) is 0 Å². The lowest BCUT2D eigenvalue weighted by Crippen LogP contribution is -2.33. The Labute approximate surface area is 47.2 Å². The molecule has 2 atom stereocenters. The maximum atomic E-state index is 4.84. The molecule has 2 heterocycles. The van der Waals surface area contributed by atoms with E-state index in [1.807, 2.05) is 19.1 Å². The topological polar surface area (TPSA) is 30.5 Å². The molecule has 1 saturated heterocycles. The predicted molar refractivity (Wildman–Crippen MR) is 26.6 cm³/mol. The van der Waals surface area contributed by atoms with E-state index in [1.54, 1.807) is 0 Å². The molecule has 1 fully saturated rings. The highest BCUT2D eigenvalue weighted by Crippen LogP contribution is 2.24. The first-order chi connectivity index (χ1) is 3.79. The van der Waals surface area contributed by atoms with Crippen molar-refractivity contribution in [2.24, 2.45) is 0 Å².